The molecule has 4 aromatic carbocycles. The second-order valence-electron chi connectivity index (χ2n) is 8.27. The van der Waals surface area contributed by atoms with E-state index in [9.17, 15) is 0 Å². The topological polar surface area (TPSA) is 9.23 Å². The van der Waals surface area contributed by atoms with Crippen molar-refractivity contribution in [3.8, 4) is 22.6 Å². The second-order valence-corrected chi connectivity index (χ2v) is 12.9. The first-order valence-electron chi connectivity index (χ1n) is 10.5. The maximum Gasteiger partial charge on any atom is 0.128 e. The molecule has 0 aliphatic carbocycles. The predicted molar refractivity (Wildman–Crippen MR) is 129 cm³/mol. The van der Waals surface area contributed by atoms with E-state index in [0.29, 0.717) is 0 Å². The minimum Gasteiger partial charge on any atom is -0.458 e. The van der Waals surface area contributed by atoms with Gasteiger partial charge in [0.1, 0.15) is 29.1 Å². The van der Waals surface area contributed by atoms with E-state index >= 15 is 0 Å². The molecular weight excluding hydrogens is 396 g/mol. The Morgan fingerprint density at radius 3 is 2.03 bits per heavy atom. The Morgan fingerprint density at radius 1 is 0.567 bits per heavy atom. The summed E-state index contributed by atoms with van der Waals surface area (Å²) in [7, 11) is -1.54. The maximum atomic E-state index is 6.22. The lowest BCUT2D eigenvalue weighted by Crippen LogP contribution is -2.46. The molecule has 2 aliphatic heterocycles. The molecule has 0 unspecified atom stereocenters. The standard InChI is InChI=1S/C27H22OSi2/c1-29-24-9-5-3-7-20(24)15-21-12-11-18(16-26(21)29)19-13-14-23-27(17-19)30(2)25-10-6-4-8-22(25)28-23/h3-14,16-17H,15H2,1-2H3. The van der Waals surface area contributed by atoms with Gasteiger partial charge in [0.25, 0.3) is 0 Å². The summed E-state index contributed by atoms with van der Waals surface area (Å²) in [5, 5.41) is 5.88. The molecule has 0 bridgehead atoms. The van der Waals surface area contributed by atoms with Crippen LogP contribution in [0.1, 0.15) is 11.1 Å². The number of rotatable bonds is 1. The fraction of sp³-hybridized carbons (Fsp3) is 0.111. The minimum absolute atomic E-state index is 0.721. The summed E-state index contributed by atoms with van der Waals surface area (Å²) in [4.78, 5) is 0. The van der Waals surface area contributed by atoms with E-state index in [-0.39, 0.29) is 0 Å². The minimum atomic E-state index is -0.822. The maximum absolute atomic E-state index is 6.22. The Hall–Kier alpha value is -2.89. The lowest BCUT2D eigenvalue weighted by Gasteiger charge is -2.26. The van der Waals surface area contributed by atoms with E-state index in [0.717, 1.165) is 17.9 Å². The van der Waals surface area contributed by atoms with Gasteiger partial charge >= 0.3 is 0 Å². The molecule has 0 spiro atoms. The molecule has 0 saturated carbocycles. The molecule has 0 N–H and O–H groups in total. The molecule has 0 saturated heterocycles. The molecule has 2 heterocycles. The third-order valence-electron chi connectivity index (χ3n) is 6.54. The van der Waals surface area contributed by atoms with Crippen LogP contribution in [0.25, 0.3) is 11.1 Å². The van der Waals surface area contributed by atoms with Gasteiger partial charge in [-0.05, 0) is 51.2 Å². The number of hydrogen-bond acceptors (Lipinski definition) is 1. The summed E-state index contributed by atoms with van der Waals surface area (Å²) in [6.07, 6.45) is 1.06. The van der Waals surface area contributed by atoms with E-state index in [2.05, 4.69) is 98.0 Å². The van der Waals surface area contributed by atoms with Crippen molar-refractivity contribution in [3.63, 3.8) is 0 Å². The van der Waals surface area contributed by atoms with Crippen LogP contribution in [0.5, 0.6) is 11.5 Å². The summed E-state index contributed by atoms with van der Waals surface area (Å²) in [5.41, 5.74) is 5.65. The Balaban J connectivity index is 1.41. The van der Waals surface area contributed by atoms with Crippen LogP contribution in [-0.2, 0) is 6.42 Å². The average molecular weight is 419 g/mol. The number of ether oxygens (including phenoxy) is 1. The van der Waals surface area contributed by atoms with Crippen molar-refractivity contribution in [2.45, 2.75) is 19.5 Å². The predicted octanol–water partition coefficient (Wildman–Crippen LogP) is 3.84. The smallest absolute Gasteiger partial charge is 0.128 e. The monoisotopic (exact) mass is 418 g/mol. The molecule has 144 valence electrons. The Bertz CT molecular complexity index is 1190. The third kappa shape index (κ3) is 2.73. The zero-order valence-corrected chi connectivity index (χ0v) is 19.2. The van der Waals surface area contributed by atoms with Gasteiger partial charge < -0.3 is 4.74 Å². The van der Waals surface area contributed by atoms with E-state index < -0.39 is 17.6 Å². The zero-order valence-electron chi connectivity index (χ0n) is 17.2. The molecule has 6 rings (SSSR count). The van der Waals surface area contributed by atoms with Crippen LogP contribution < -0.4 is 25.5 Å². The highest BCUT2D eigenvalue weighted by Crippen LogP contribution is 2.28. The molecule has 1 nitrogen and oxygen atoms in total. The largest absolute Gasteiger partial charge is 0.458 e. The van der Waals surface area contributed by atoms with Gasteiger partial charge in [-0.25, -0.2) is 0 Å². The van der Waals surface area contributed by atoms with Crippen molar-refractivity contribution in [2.75, 3.05) is 0 Å². The molecule has 4 aromatic rings. The van der Waals surface area contributed by atoms with Crippen LogP contribution in [0.4, 0.5) is 0 Å². The quantitative estimate of drug-likeness (QED) is 0.427. The van der Waals surface area contributed by atoms with Crippen molar-refractivity contribution in [3.05, 3.63) is 96.1 Å². The number of hydrogen-bond donors (Lipinski definition) is 0. The van der Waals surface area contributed by atoms with Crippen molar-refractivity contribution in [1.82, 2.24) is 0 Å². The van der Waals surface area contributed by atoms with Gasteiger partial charge in [-0.3, -0.25) is 0 Å². The van der Waals surface area contributed by atoms with Crippen LogP contribution in [0.2, 0.25) is 13.1 Å². The fourth-order valence-electron chi connectivity index (χ4n) is 4.87. The van der Waals surface area contributed by atoms with Crippen LogP contribution in [0, 0.1) is 0 Å². The van der Waals surface area contributed by atoms with Gasteiger partial charge in [0.05, 0.1) is 0 Å². The summed E-state index contributed by atoms with van der Waals surface area (Å²) < 4.78 is 6.22. The Morgan fingerprint density at radius 2 is 1.17 bits per heavy atom. The van der Waals surface area contributed by atoms with Crippen LogP contribution in [0.15, 0.2) is 84.9 Å². The molecule has 0 aromatic heterocycles. The summed E-state index contributed by atoms with van der Waals surface area (Å²) in [5.74, 6) is 2.06. The molecule has 3 heteroatoms. The second kappa shape index (κ2) is 6.83. The third-order valence-corrected chi connectivity index (χ3v) is 11.5. The highest BCUT2D eigenvalue weighted by Gasteiger charge is 2.27. The first-order chi connectivity index (χ1) is 14.7. The molecule has 0 atom stereocenters. The van der Waals surface area contributed by atoms with Crippen molar-refractivity contribution in [1.29, 1.82) is 0 Å². The van der Waals surface area contributed by atoms with Gasteiger partial charge in [0.15, 0.2) is 0 Å². The summed E-state index contributed by atoms with van der Waals surface area (Å²) in [6, 6.07) is 31.4. The molecular formula is C27H22OSi2. The normalized spacial score (nSPS) is 14.9. The summed E-state index contributed by atoms with van der Waals surface area (Å²) in [6.45, 7) is 4.82. The molecule has 0 fully saturated rings. The van der Waals surface area contributed by atoms with Gasteiger partial charge in [-0.2, -0.15) is 0 Å². The van der Waals surface area contributed by atoms with E-state index in [1.807, 2.05) is 0 Å². The SMILES string of the molecule is C[Si]1c2ccccc2Cc2ccc(-c3ccc4c(c3)[Si](C)c3ccccc3O4)cc21. The number of benzene rings is 4. The molecule has 2 radical (unpaired) electrons. The highest BCUT2D eigenvalue weighted by atomic mass is 28.3. The number of fused-ring (bicyclic) bond motifs is 4. The molecule has 30 heavy (non-hydrogen) atoms. The summed E-state index contributed by atoms with van der Waals surface area (Å²) >= 11 is 0. The van der Waals surface area contributed by atoms with Gasteiger partial charge in [-0.15, -0.1) is 0 Å². The lowest BCUT2D eigenvalue weighted by molar-refractivity contribution is 0.487. The molecule has 0 amide bonds. The highest BCUT2D eigenvalue weighted by molar-refractivity contribution is 6.86. The van der Waals surface area contributed by atoms with Crippen LogP contribution in [-0.4, -0.2) is 17.6 Å². The van der Waals surface area contributed by atoms with Gasteiger partial charge in [0, 0.05) is 0 Å². The van der Waals surface area contributed by atoms with E-state index in [1.54, 1.807) is 10.4 Å². The first-order valence-corrected chi connectivity index (χ1v) is 14.5. The van der Waals surface area contributed by atoms with Crippen molar-refractivity contribution in [2.24, 2.45) is 0 Å². The lowest BCUT2D eigenvalue weighted by atomic mass is 9.99. The fourth-order valence-corrected chi connectivity index (χ4v) is 9.20. The van der Waals surface area contributed by atoms with E-state index in [1.165, 1.54) is 32.6 Å². The Kier molecular flexibility index (Phi) is 4.08. The van der Waals surface area contributed by atoms with Gasteiger partial charge in [0.2, 0.25) is 0 Å². The van der Waals surface area contributed by atoms with E-state index in [4.69, 9.17) is 4.74 Å². The molecule has 2 aliphatic rings. The zero-order chi connectivity index (χ0) is 20.2. The first kappa shape index (κ1) is 17.9. The van der Waals surface area contributed by atoms with Crippen molar-refractivity contribution >= 4 is 38.3 Å². The Labute approximate surface area is 181 Å². The van der Waals surface area contributed by atoms with Crippen molar-refractivity contribution < 1.29 is 4.74 Å². The van der Waals surface area contributed by atoms with Crippen LogP contribution >= 0.6 is 0 Å². The van der Waals surface area contributed by atoms with Gasteiger partial charge in [-0.1, -0.05) is 96.3 Å². The average Bonchev–Trinajstić information content (AvgIpc) is 2.79. The number of para-hydroxylation sites is 1. The van der Waals surface area contributed by atoms with Crippen LogP contribution in [0.3, 0.4) is 0 Å².